The monoisotopic (exact) mass is 489 g/mol. The van der Waals surface area contributed by atoms with Crippen molar-refractivity contribution < 1.29 is 14.0 Å². The second-order valence-electron chi connectivity index (χ2n) is 8.42. The molecule has 1 aromatic carbocycles. The average Bonchev–Trinajstić information content (AvgIpc) is 3.54. The zero-order valence-corrected chi connectivity index (χ0v) is 20.1. The first-order chi connectivity index (χ1) is 16.8. The van der Waals surface area contributed by atoms with Crippen LogP contribution in [0.3, 0.4) is 0 Å². The van der Waals surface area contributed by atoms with E-state index in [2.05, 4.69) is 25.7 Å². The van der Waals surface area contributed by atoms with Crippen LogP contribution in [0.2, 0.25) is 0 Å². The van der Waals surface area contributed by atoms with Crippen LogP contribution in [0.4, 0.5) is 5.95 Å². The number of para-hydroxylation sites is 2. The van der Waals surface area contributed by atoms with Crippen LogP contribution in [0.1, 0.15) is 52.7 Å². The molecule has 178 valence electrons. The van der Waals surface area contributed by atoms with Crippen LogP contribution in [0.15, 0.2) is 52.4 Å². The van der Waals surface area contributed by atoms with Crippen molar-refractivity contribution in [3.05, 3.63) is 64.3 Å². The molecule has 0 saturated carbocycles. The Kier molecular flexibility index (Phi) is 5.69. The van der Waals surface area contributed by atoms with E-state index < -0.39 is 6.04 Å². The van der Waals surface area contributed by atoms with Gasteiger partial charge in [0.15, 0.2) is 11.2 Å². The van der Waals surface area contributed by atoms with Crippen LogP contribution in [0.5, 0.6) is 0 Å². The molecule has 35 heavy (non-hydrogen) atoms. The maximum atomic E-state index is 12.9. The van der Waals surface area contributed by atoms with E-state index in [1.165, 1.54) is 15.9 Å². The molecular formula is C24H23N7O3S. The minimum atomic E-state index is -0.416. The first-order valence-corrected chi connectivity index (χ1v) is 11.9. The molecule has 2 amide bonds. The molecule has 10 nitrogen and oxygen atoms in total. The zero-order chi connectivity index (χ0) is 24.7. The van der Waals surface area contributed by atoms with Crippen LogP contribution in [-0.2, 0) is 0 Å². The third-order valence-corrected chi connectivity index (χ3v) is 6.23. The van der Waals surface area contributed by atoms with E-state index in [9.17, 15) is 9.59 Å². The Bertz CT molecular complexity index is 1530. The highest BCUT2D eigenvalue weighted by molar-refractivity contribution is 7.12. The van der Waals surface area contributed by atoms with Crippen molar-refractivity contribution in [3.63, 3.8) is 0 Å². The number of carbonyl (C=O) groups is 2. The maximum absolute atomic E-state index is 12.9. The van der Waals surface area contributed by atoms with E-state index in [4.69, 9.17) is 10.2 Å². The summed E-state index contributed by atoms with van der Waals surface area (Å²) in [6.45, 7) is 5.57. The second kappa shape index (κ2) is 8.84. The molecule has 1 atom stereocenters. The summed E-state index contributed by atoms with van der Waals surface area (Å²) in [5.41, 5.74) is 9.37. The van der Waals surface area contributed by atoms with Crippen LogP contribution in [-0.4, -0.2) is 37.4 Å². The maximum Gasteiger partial charge on any atom is 0.262 e. The summed E-state index contributed by atoms with van der Waals surface area (Å²) in [5, 5.41) is 11.8. The fourth-order valence-corrected chi connectivity index (χ4v) is 4.50. The number of nitrogens with zero attached hydrogens (tertiary/aromatic N) is 4. The standard InChI is InChI=1S/C24H23N7O3S/c1-12(2)26-21(32)16-8-14(10-31-20(16)29-24(25)30-31)15-9-19(35-11-15)22(33)27-13(3)23-28-17-6-4-5-7-18(17)34-23/h4-13H,1-3H3,(H2,25,30)(H,26,32)(H,27,33)/t13-/m0/s1. The van der Waals surface area contributed by atoms with Gasteiger partial charge in [0.1, 0.15) is 11.6 Å². The molecule has 5 aromatic rings. The molecule has 4 heterocycles. The number of hydrogen-bond acceptors (Lipinski definition) is 8. The summed E-state index contributed by atoms with van der Waals surface area (Å²) >= 11 is 1.30. The van der Waals surface area contributed by atoms with Gasteiger partial charge in [0.05, 0.1) is 10.4 Å². The lowest BCUT2D eigenvalue weighted by molar-refractivity contribution is 0.0932. The van der Waals surface area contributed by atoms with Crippen molar-refractivity contribution >= 4 is 45.8 Å². The molecule has 4 N–H and O–H groups in total. The number of nitrogen functional groups attached to an aromatic ring is 1. The number of fused-ring (bicyclic) bond motifs is 2. The Hall–Kier alpha value is -4.25. The number of benzene rings is 1. The molecule has 0 spiro atoms. The number of nitrogens with one attached hydrogen (secondary N) is 2. The van der Waals surface area contributed by atoms with Crippen molar-refractivity contribution in [1.29, 1.82) is 0 Å². The summed E-state index contributed by atoms with van der Waals surface area (Å²) in [7, 11) is 0. The largest absolute Gasteiger partial charge is 0.438 e. The van der Waals surface area contributed by atoms with Crippen LogP contribution in [0, 0.1) is 0 Å². The molecule has 4 aromatic heterocycles. The van der Waals surface area contributed by atoms with Gasteiger partial charge in [-0.15, -0.1) is 16.4 Å². The van der Waals surface area contributed by atoms with Crippen molar-refractivity contribution in [2.45, 2.75) is 32.9 Å². The normalized spacial score (nSPS) is 12.3. The molecule has 0 unspecified atom stereocenters. The van der Waals surface area contributed by atoms with E-state index >= 15 is 0 Å². The number of aromatic nitrogens is 4. The van der Waals surface area contributed by atoms with Gasteiger partial charge in [0, 0.05) is 17.8 Å². The van der Waals surface area contributed by atoms with Gasteiger partial charge in [0.2, 0.25) is 11.8 Å². The first kappa shape index (κ1) is 22.5. The number of pyridine rings is 1. The molecule has 0 fully saturated rings. The van der Waals surface area contributed by atoms with Crippen molar-refractivity contribution in [3.8, 4) is 11.1 Å². The van der Waals surface area contributed by atoms with Crippen LogP contribution >= 0.6 is 11.3 Å². The minimum Gasteiger partial charge on any atom is -0.438 e. The SMILES string of the molecule is CC(C)NC(=O)c1cc(-c2csc(C(=O)N[C@@H](C)c3nc4ccccc4o3)c2)cn2nc(N)nc12. The van der Waals surface area contributed by atoms with Gasteiger partial charge in [-0.25, -0.2) is 9.50 Å². The summed E-state index contributed by atoms with van der Waals surface area (Å²) in [6.07, 6.45) is 1.73. The first-order valence-electron chi connectivity index (χ1n) is 11.0. The Balaban J connectivity index is 1.40. The summed E-state index contributed by atoms with van der Waals surface area (Å²) < 4.78 is 7.24. The van der Waals surface area contributed by atoms with Crippen molar-refractivity contribution in [1.82, 2.24) is 30.2 Å². The smallest absolute Gasteiger partial charge is 0.262 e. The van der Waals surface area contributed by atoms with E-state index in [0.29, 0.717) is 33.1 Å². The number of thiophene rings is 1. The fourth-order valence-electron chi connectivity index (χ4n) is 3.68. The number of anilines is 1. The van der Waals surface area contributed by atoms with Gasteiger partial charge >= 0.3 is 0 Å². The van der Waals surface area contributed by atoms with Crippen molar-refractivity contribution in [2.75, 3.05) is 5.73 Å². The highest BCUT2D eigenvalue weighted by Gasteiger charge is 2.20. The van der Waals surface area contributed by atoms with Gasteiger partial charge in [-0.3, -0.25) is 9.59 Å². The van der Waals surface area contributed by atoms with E-state index in [0.717, 1.165) is 11.1 Å². The molecule has 0 saturated heterocycles. The van der Waals surface area contributed by atoms with Crippen molar-refractivity contribution in [2.24, 2.45) is 0 Å². The quantitative estimate of drug-likeness (QED) is 0.329. The fraction of sp³-hybridized carbons (Fsp3) is 0.208. The van der Waals surface area contributed by atoms with Gasteiger partial charge in [-0.1, -0.05) is 12.1 Å². The summed E-state index contributed by atoms with van der Waals surface area (Å²) in [5.74, 6) is -0.0230. The highest BCUT2D eigenvalue weighted by atomic mass is 32.1. The molecule has 0 aliphatic rings. The zero-order valence-electron chi connectivity index (χ0n) is 19.3. The van der Waals surface area contributed by atoms with E-state index in [1.54, 1.807) is 18.3 Å². The minimum absolute atomic E-state index is 0.0499. The average molecular weight is 490 g/mol. The molecular weight excluding hydrogens is 466 g/mol. The number of oxazole rings is 1. The third kappa shape index (κ3) is 4.45. The molecule has 0 aliphatic carbocycles. The van der Waals surface area contributed by atoms with Crippen LogP contribution in [0.25, 0.3) is 27.9 Å². The summed E-state index contributed by atoms with van der Waals surface area (Å²) in [6, 6.07) is 10.5. The lowest BCUT2D eigenvalue weighted by Gasteiger charge is -2.10. The van der Waals surface area contributed by atoms with E-state index in [1.807, 2.05) is 50.4 Å². The highest BCUT2D eigenvalue weighted by Crippen LogP contribution is 2.28. The lowest BCUT2D eigenvalue weighted by Crippen LogP contribution is -2.30. The molecule has 0 aliphatic heterocycles. The Morgan fingerprint density at radius 2 is 1.86 bits per heavy atom. The number of nitrogens with two attached hydrogens (primary N) is 1. The Morgan fingerprint density at radius 3 is 2.63 bits per heavy atom. The number of carbonyl (C=O) groups excluding carboxylic acids is 2. The number of hydrogen-bond donors (Lipinski definition) is 3. The van der Waals surface area contributed by atoms with Gasteiger partial charge in [-0.05, 0) is 56.0 Å². The topological polar surface area (TPSA) is 140 Å². The van der Waals surface area contributed by atoms with Gasteiger partial charge in [-0.2, -0.15) is 4.98 Å². The Morgan fingerprint density at radius 1 is 1.06 bits per heavy atom. The van der Waals surface area contributed by atoms with Gasteiger partial charge < -0.3 is 20.8 Å². The molecule has 5 rings (SSSR count). The molecule has 11 heteroatoms. The number of rotatable bonds is 6. The lowest BCUT2D eigenvalue weighted by atomic mass is 10.1. The number of amides is 2. The van der Waals surface area contributed by atoms with Crippen LogP contribution < -0.4 is 16.4 Å². The Labute approximate surface area is 204 Å². The van der Waals surface area contributed by atoms with E-state index in [-0.39, 0.29) is 23.8 Å². The predicted octanol–water partition coefficient (Wildman–Crippen LogP) is 3.81. The van der Waals surface area contributed by atoms with Gasteiger partial charge in [0.25, 0.3) is 11.8 Å². The molecule has 0 radical (unpaired) electrons. The molecule has 0 bridgehead atoms. The predicted molar refractivity (Wildman–Crippen MR) is 133 cm³/mol. The third-order valence-electron chi connectivity index (χ3n) is 5.30. The summed E-state index contributed by atoms with van der Waals surface area (Å²) in [4.78, 5) is 34.8. The second-order valence-corrected chi connectivity index (χ2v) is 9.33.